The Morgan fingerprint density at radius 3 is 2.37 bits per heavy atom. The summed E-state index contributed by atoms with van der Waals surface area (Å²) >= 11 is 1.67. The number of aromatic nitrogens is 2. The van der Waals surface area contributed by atoms with Gasteiger partial charge in [0, 0.05) is 9.75 Å². The van der Waals surface area contributed by atoms with Gasteiger partial charge in [-0.2, -0.15) is 13.2 Å². The zero-order valence-electron chi connectivity index (χ0n) is 10.2. The second kappa shape index (κ2) is 5.56. The summed E-state index contributed by atoms with van der Waals surface area (Å²) in [5, 5.41) is 9.61. The lowest BCUT2D eigenvalue weighted by Crippen LogP contribution is -2.10. The first kappa shape index (κ1) is 13.8. The van der Waals surface area contributed by atoms with Gasteiger partial charge in [-0.25, -0.2) is 0 Å². The van der Waals surface area contributed by atoms with Crippen LogP contribution in [0.5, 0.6) is 0 Å². The van der Waals surface area contributed by atoms with Gasteiger partial charge in [0.2, 0.25) is 0 Å². The number of anilines is 1. The van der Waals surface area contributed by atoms with E-state index in [2.05, 4.69) is 22.4 Å². The van der Waals surface area contributed by atoms with Crippen LogP contribution in [0.2, 0.25) is 0 Å². The minimum atomic E-state index is -4.45. The Morgan fingerprint density at radius 1 is 1.11 bits per heavy atom. The molecule has 0 spiro atoms. The second-order valence-corrected chi connectivity index (χ2v) is 5.13. The summed E-state index contributed by atoms with van der Waals surface area (Å²) in [7, 11) is 0. The van der Waals surface area contributed by atoms with Crippen LogP contribution in [0.4, 0.5) is 19.0 Å². The summed E-state index contributed by atoms with van der Waals surface area (Å²) < 4.78 is 36.9. The summed E-state index contributed by atoms with van der Waals surface area (Å²) in [5.41, 5.74) is -0.984. The third kappa shape index (κ3) is 3.66. The molecule has 2 rings (SSSR count). The predicted octanol–water partition coefficient (Wildman–Crippen LogP) is 3.73. The highest BCUT2D eigenvalue weighted by Crippen LogP contribution is 2.27. The highest BCUT2D eigenvalue weighted by molar-refractivity contribution is 7.12. The molecule has 0 aromatic carbocycles. The summed E-state index contributed by atoms with van der Waals surface area (Å²) in [6.45, 7) is 2.61. The molecule has 7 heteroatoms. The molecule has 0 aliphatic heterocycles. The average molecular weight is 287 g/mol. The van der Waals surface area contributed by atoms with Gasteiger partial charge < -0.3 is 5.32 Å². The van der Waals surface area contributed by atoms with E-state index in [4.69, 9.17) is 0 Å². The Hall–Kier alpha value is -1.63. The number of nitrogens with zero attached hydrogens (tertiary/aromatic N) is 2. The molecule has 0 saturated heterocycles. The number of halogens is 3. The van der Waals surface area contributed by atoms with E-state index in [1.807, 2.05) is 12.1 Å². The van der Waals surface area contributed by atoms with Crippen molar-refractivity contribution in [1.82, 2.24) is 10.2 Å². The first-order chi connectivity index (χ1) is 8.99. The van der Waals surface area contributed by atoms with Crippen LogP contribution < -0.4 is 5.32 Å². The Balaban J connectivity index is 1.96. The molecular formula is C12H12F3N3S. The van der Waals surface area contributed by atoms with E-state index >= 15 is 0 Å². The molecule has 2 aromatic heterocycles. The van der Waals surface area contributed by atoms with E-state index in [0.717, 1.165) is 17.4 Å². The molecule has 1 N–H and O–H groups in total. The molecule has 0 atom stereocenters. The molecule has 0 saturated carbocycles. The summed E-state index contributed by atoms with van der Waals surface area (Å²) in [6, 6.07) is 6.24. The molecule has 2 aromatic rings. The monoisotopic (exact) mass is 287 g/mol. The lowest BCUT2D eigenvalue weighted by Gasteiger charge is -2.06. The molecular weight excluding hydrogens is 275 g/mol. The minimum absolute atomic E-state index is 0.333. The van der Waals surface area contributed by atoms with Gasteiger partial charge in [0.25, 0.3) is 0 Å². The lowest BCUT2D eigenvalue weighted by atomic mass is 10.3. The normalized spacial score (nSPS) is 11.6. The number of hydrogen-bond donors (Lipinski definition) is 1. The first-order valence-electron chi connectivity index (χ1n) is 5.71. The average Bonchev–Trinajstić information content (AvgIpc) is 2.84. The van der Waals surface area contributed by atoms with Crippen molar-refractivity contribution in [1.29, 1.82) is 0 Å². The number of aryl methyl sites for hydroxylation is 1. The Morgan fingerprint density at radius 2 is 1.84 bits per heavy atom. The third-order valence-electron chi connectivity index (χ3n) is 2.46. The quantitative estimate of drug-likeness (QED) is 0.931. The van der Waals surface area contributed by atoms with Crippen LogP contribution >= 0.6 is 11.3 Å². The van der Waals surface area contributed by atoms with Gasteiger partial charge in [0.05, 0.1) is 6.54 Å². The molecule has 0 fully saturated rings. The smallest absolute Gasteiger partial charge is 0.364 e. The molecule has 0 unspecified atom stereocenters. The highest BCUT2D eigenvalue weighted by Gasteiger charge is 2.32. The highest BCUT2D eigenvalue weighted by atomic mass is 32.1. The van der Waals surface area contributed by atoms with Crippen LogP contribution in [-0.2, 0) is 19.1 Å². The van der Waals surface area contributed by atoms with Crippen molar-refractivity contribution in [2.75, 3.05) is 5.32 Å². The maximum atomic E-state index is 12.3. The number of alkyl halides is 3. The van der Waals surface area contributed by atoms with Crippen LogP contribution in [0.15, 0.2) is 24.3 Å². The number of rotatable bonds is 4. The fraction of sp³-hybridized carbons (Fsp3) is 0.333. The van der Waals surface area contributed by atoms with Crippen molar-refractivity contribution in [2.45, 2.75) is 26.1 Å². The van der Waals surface area contributed by atoms with Gasteiger partial charge in [0.1, 0.15) is 5.82 Å². The maximum absolute atomic E-state index is 12.3. The van der Waals surface area contributed by atoms with Gasteiger partial charge in [-0.3, -0.25) is 0 Å². The van der Waals surface area contributed by atoms with Crippen LogP contribution in [-0.4, -0.2) is 10.2 Å². The number of thiophene rings is 1. The fourth-order valence-electron chi connectivity index (χ4n) is 1.46. The minimum Gasteiger partial charge on any atom is -0.364 e. The van der Waals surface area contributed by atoms with Crippen molar-refractivity contribution in [3.05, 3.63) is 39.7 Å². The van der Waals surface area contributed by atoms with Crippen molar-refractivity contribution in [2.24, 2.45) is 0 Å². The van der Waals surface area contributed by atoms with E-state index in [1.54, 1.807) is 11.3 Å². The van der Waals surface area contributed by atoms with E-state index in [9.17, 15) is 13.2 Å². The van der Waals surface area contributed by atoms with Gasteiger partial charge in [0.15, 0.2) is 5.69 Å². The molecule has 3 nitrogen and oxygen atoms in total. The Bertz CT molecular complexity index is 534. The van der Waals surface area contributed by atoms with E-state index in [0.29, 0.717) is 12.4 Å². The largest absolute Gasteiger partial charge is 0.435 e. The summed E-state index contributed by atoms with van der Waals surface area (Å²) in [6.07, 6.45) is -3.47. The molecule has 102 valence electrons. The van der Waals surface area contributed by atoms with Crippen LogP contribution in [0, 0.1) is 0 Å². The lowest BCUT2D eigenvalue weighted by molar-refractivity contribution is -0.141. The SMILES string of the molecule is CCc1ccc(CNc2ccc(C(F)(F)F)nn2)s1. The second-order valence-electron chi connectivity index (χ2n) is 3.88. The predicted molar refractivity (Wildman–Crippen MR) is 68.1 cm³/mol. The summed E-state index contributed by atoms with van der Waals surface area (Å²) in [5.74, 6) is 0.333. The van der Waals surface area contributed by atoms with Gasteiger partial charge in [-0.1, -0.05) is 6.92 Å². The van der Waals surface area contributed by atoms with Crippen molar-refractivity contribution in [3.63, 3.8) is 0 Å². The Labute approximate surface area is 112 Å². The van der Waals surface area contributed by atoms with Gasteiger partial charge >= 0.3 is 6.18 Å². The van der Waals surface area contributed by atoms with Crippen LogP contribution in [0.25, 0.3) is 0 Å². The van der Waals surface area contributed by atoms with Crippen molar-refractivity contribution in [3.8, 4) is 0 Å². The topological polar surface area (TPSA) is 37.8 Å². The molecule has 19 heavy (non-hydrogen) atoms. The van der Waals surface area contributed by atoms with Crippen LogP contribution in [0.1, 0.15) is 22.4 Å². The molecule has 0 aliphatic rings. The molecule has 0 bridgehead atoms. The molecule has 0 amide bonds. The first-order valence-corrected chi connectivity index (χ1v) is 6.53. The number of nitrogens with one attached hydrogen (secondary N) is 1. The van der Waals surface area contributed by atoms with Crippen molar-refractivity contribution < 1.29 is 13.2 Å². The fourth-order valence-corrected chi connectivity index (χ4v) is 2.36. The van der Waals surface area contributed by atoms with Gasteiger partial charge in [-0.15, -0.1) is 21.5 Å². The van der Waals surface area contributed by atoms with Crippen molar-refractivity contribution >= 4 is 17.2 Å². The zero-order valence-corrected chi connectivity index (χ0v) is 11.0. The molecule has 2 heterocycles. The van der Waals surface area contributed by atoms with E-state index < -0.39 is 11.9 Å². The van der Waals surface area contributed by atoms with Gasteiger partial charge in [-0.05, 0) is 30.7 Å². The number of hydrogen-bond acceptors (Lipinski definition) is 4. The molecule has 0 radical (unpaired) electrons. The molecule has 0 aliphatic carbocycles. The zero-order chi connectivity index (χ0) is 13.9. The summed E-state index contributed by atoms with van der Waals surface area (Å²) in [4.78, 5) is 2.38. The van der Waals surface area contributed by atoms with E-state index in [-0.39, 0.29) is 0 Å². The van der Waals surface area contributed by atoms with Crippen LogP contribution in [0.3, 0.4) is 0 Å². The standard InChI is InChI=1S/C12H12F3N3S/c1-2-8-3-4-9(19-8)7-16-11-6-5-10(17-18-11)12(13,14)15/h3-6H,2,7H2,1H3,(H,16,18). The van der Waals surface area contributed by atoms with E-state index in [1.165, 1.54) is 10.9 Å². The maximum Gasteiger partial charge on any atom is 0.435 e. The third-order valence-corrected chi connectivity index (χ3v) is 3.69. The Kier molecular flexibility index (Phi) is 4.04.